The van der Waals surface area contributed by atoms with E-state index in [0.717, 1.165) is 5.75 Å². The van der Waals surface area contributed by atoms with Crippen molar-refractivity contribution in [3.8, 4) is 0 Å². The van der Waals surface area contributed by atoms with Gasteiger partial charge in [-0.3, -0.25) is 14.6 Å². The predicted molar refractivity (Wildman–Crippen MR) is 62.3 cm³/mol. The molecule has 1 aliphatic rings. The van der Waals surface area contributed by atoms with E-state index in [4.69, 9.17) is 0 Å². The van der Waals surface area contributed by atoms with E-state index >= 15 is 0 Å². The molecule has 5 nitrogen and oxygen atoms in total. The summed E-state index contributed by atoms with van der Waals surface area (Å²) in [6.07, 6.45) is 3.20. The maximum atomic E-state index is 11.6. The molecule has 2 heterocycles. The molecule has 2 rings (SSSR count). The molecule has 84 valence electrons. The molecule has 0 unspecified atom stereocenters. The van der Waals surface area contributed by atoms with Crippen LogP contribution in [-0.2, 0) is 4.79 Å². The summed E-state index contributed by atoms with van der Waals surface area (Å²) in [5, 5.41) is 2.66. The van der Waals surface area contributed by atoms with Gasteiger partial charge in [-0.15, -0.1) is 0 Å². The zero-order valence-corrected chi connectivity index (χ0v) is 9.37. The van der Waals surface area contributed by atoms with Gasteiger partial charge in [0.15, 0.2) is 0 Å². The number of nitrogens with zero attached hydrogens (tertiary/aromatic N) is 2. The van der Waals surface area contributed by atoms with Crippen molar-refractivity contribution in [3.05, 3.63) is 24.5 Å². The molecular formula is C10H11N3O2S. The average Bonchev–Trinajstić information content (AvgIpc) is 2.66. The first-order valence-electron chi connectivity index (χ1n) is 4.87. The number of carbonyl (C=O) groups excluding carboxylic acids is 2. The summed E-state index contributed by atoms with van der Waals surface area (Å²) < 4.78 is 0. The number of hydrogen-bond donors (Lipinski definition) is 1. The maximum absolute atomic E-state index is 11.6. The van der Waals surface area contributed by atoms with E-state index in [2.05, 4.69) is 10.3 Å². The number of rotatable bonds is 3. The minimum Gasteiger partial charge on any atom is -0.323 e. The van der Waals surface area contributed by atoms with Crippen LogP contribution in [0.5, 0.6) is 0 Å². The van der Waals surface area contributed by atoms with Crippen molar-refractivity contribution in [1.29, 1.82) is 0 Å². The second-order valence-electron chi connectivity index (χ2n) is 3.33. The fourth-order valence-electron chi connectivity index (χ4n) is 1.38. The van der Waals surface area contributed by atoms with E-state index in [1.54, 1.807) is 24.5 Å². The highest BCUT2D eigenvalue weighted by Gasteiger charge is 2.23. The number of amides is 2. The van der Waals surface area contributed by atoms with Gasteiger partial charge in [-0.1, -0.05) is 11.8 Å². The lowest BCUT2D eigenvalue weighted by Gasteiger charge is -2.13. The zero-order valence-electron chi connectivity index (χ0n) is 8.55. The Kier molecular flexibility index (Phi) is 3.40. The van der Waals surface area contributed by atoms with Crippen LogP contribution in [0.4, 0.5) is 10.5 Å². The molecule has 0 radical (unpaired) electrons. The number of carbonyl (C=O) groups is 2. The lowest BCUT2D eigenvalue weighted by Crippen LogP contribution is -2.33. The molecule has 6 heteroatoms. The number of anilines is 1. The fourth-order valence-corrected chi connectivity index (χ4v) is 2.20. The molecule has 0 atom stereocenters. The third kappa shape index (κ3) is 2.73. The van der Waals surface area contributed by atoms with Gasteiger partial charge >= 0.3 is 0 Å². The average molecular weight is 237 g/mol. The summed E-state index contributed by atoms with van der Waals surface area (Å²) in [6, 6.07) is 3.50. The van der Waals surface area contributed by atoms with Gasteiger partial charge < -0.3 is 10.2 Å². The van der Waals surface area contributed by atoms with Crippen LogP contribution in [0.3, 0.4) is 0 Å². The first-order chi connectivity index (χ1) is 7.75. The first kappa shape index (κ1) is 10.9. The quantitative estimate of drug-likeness (QED) is 0.857. The number of thioether (sulfide) groups is 1. The molecule has 0 aliphatic carbocycles. The molecule has 0 saturated carbocycles. The van der Waals surface area contributed by atoms with Gasteiger partial charge in [-0.05, 0) is 12.1 Å². The Morgan fingerprint density at radius 1 is 1.62 bits per heavy atom. The summed E-state index contributed by atoms with van der Waals surface area (Å²) in [5.74, 6) is 0.572. The van der Waals surface area contributed by atoms with Crippen LogP contribution < -0.4 is 5.32 Å². The molecule has 0 spiro atoms. The van der Waals surface area contributed by atoms with Gasteiger partial charge in [0, 0.05) is 18.5 Å². The molecular weight excluding hydrogens is 226 g/mol. The second kappa shape index (κ2) is 4.98. The van der Waals surface area contributed by atoms with Crippen molar-refractivity contribution >= 4 is 28.6 Å². The van der Waals surface area contributed by atoms with E-state index in [1.165, 1.54) is 16.7 Å². The molecule has 1 N–H and O–H groups in total. The predicted octanol–water partition coefficient (Wildman–Crippen LogP) is 1.19. The van der Waals surface area contributed by atoms with Gasteiger partial charge in [-0.25, -0.2) is 0 Å². The molecule has 1 aliphatic heterocycles. The van der Waals surface area contributed by atoms with Crippen molar-refractivity contribution in [3.63, 3.8) is 0 Å². The second-order valence-corrected chi connectivity index (χ2v) is 4.37. The third-order valence-corrected chi connectivity index (χ3v) is 3.02. The Morgan fingerprint density at radius 3 is 3.12 bits per heavy atom. The summed E-state index contributed by atoms with van der Waals surface area (Å²) in [4.78, 5) is 28.3. The van der Waals surface area contributed by atoms with Crippen molar-refractivity contribution < 1.29 is 9.59 Å². The Hall–Kier alpha value is -1.56. The molecule has 0 aromatic carbocycles. The number of hydrogen-bond acceptors (Lipinski definition) is 4. The number of nitrogens with one attached hydrogen (secondary N) is 1. The van der Waals surface area contributed by atoms with Crippen molar-refractivity contribution in [2.75, 3.05) is 24.2 Å². The number of pyridine rings is 1. The van der Waals surface area contributed by atoms with Crippen molar-refractivity contribution in [1.82, 2.24) is 9.88 Å². The van der Waals surface area contributed by atoms with Crippen molar-refractivity contribution in [2.45, 2.75) is 0 Å². The summed E-state index contributed by atoms with van der Waals surface area (Å²) in [5.41, 5.74) is 0.645. The highest BCUT2D eigenvalue weighted by atomic mass is 32.2. The zero-order chi connectivity index (χ0) is 11.4. The lowest BCUT2D eigenvalue weighted by atomic mass is 10.4. The van der Waals surface area contributed by atoms with Crippen LogP contribution in [-0.4, -0.2) is 39.9 Å². The highest BCUT2D eigenvalue weighted by molar-refractivity contribution is 8.13. The smallest absolute Gasteiger partial charge is 0.282 e. The van der Waals surface area contributed by atoms with Crippen molar-refractivity contribution in [2.24, 2.45) is 0 Å². The largest absolute Gasteiger partial charge is 0.323 e. The minimum atomic E-state index is -0.191. The summed E-state index contributed by atoms with van der Waals surface area (Å²) in [7, 11) is 0. The van der Waals surface area contributed by atoms with Gasteiger partial charge in [0.2, 0.25) is 5.91 Å². The maximum Gasteiger partial charge on any atom is 0.282 e. The van der Waals surface area contributed by atoms with Crippen LogP contribution >= 0.6 is 11.8 Å². The number of aromatic nitrogens is 1. The lowest BCUT2D eigenvalue weighted by molar-refractivity contribution is -0.116. The van der Waals surface area contributed by atoms with Gasteiger partial charge in [0.25, 0.3) is 5.24 Å². The Morgan fingerprint density at radius 2 is 2.50 bits per heavy atom. The molecule has 16 heavy (non-hydrogen) atoms. The van der Waals surface area contributed by atoms with Crippen LogP contribution in [0.1, 0.15) is 0 Å². The topological polar surface area (TPSA) is 62.3 Å². The fraction of sp³-hybridized carbons (Fsp3) is 0.300. The van der Waals surface area contributed by atoms with E-state index in [1.807, 2.05) is 0 Å². The molecule has 0 bridgehead atoms. The highest BCUT2D eigenvalue weighted by Crippen LogP contribution is 2.16. The Labute approximate surface area is 97.2 Å². The van der Waals surface area contributed by atoms with Crippen LogP contribution in [0.2, 0.25) is 0 Å². The first-order valence-corrected chi connectivity index (χ1v) is 5.86. The van der Waals surface area contributed by atoms with Gasteiger partial charge in [-0.2, -0.15) is 0 Å². The normalized spacial score (nSPS) is 15.2. The molecule has 1 saturated heterocycles. The van der Waals surface area contributed by atoms with Crippen LogP contribution in [0.15, 0.2) is 24.5 Å². The van der Waals surface area contributed by atoms with E-state index < -0.39 is 0 Å². The summed E-state index contributed by atoms with van der Waals surface area (Å²) in [6.45, 7) is 0.755. The Bertz CT molecular complexity index is 396. The molecule has 2 amide bonds. The van der Waals surface area contributed by atoms with Gasteiger partial charge in [0.05, 0.1) is 11.9 Å². The SMILES string of the molecule is O=C(CN1CCSC1=O)Nc1cccnc1. The van der Waals surface area contributed by atoms with Crippen LogP contribution in [0, 0.1) is 0 Å². The standard InChI is InChI=1S/C10H11N3O2S/c14-9(7-13-4-5-16-10(13)15)12-8-2-1-3-11-6-8/h1-3,6H,4-5,7H2,(H,12,14). The molecule has 1 fully saturated rings. The van der Waals surface area contributed by atoms with Gasteiger partial charge in [0.1, 0.15) is 6.54 Å². The summed E-state index contributed by atoms with van der Waals surface area (Å²) >= 11 is 1.25. The van der Waals surface area contributed by atoms with E-state index in [-0.39, 0.29) is 17.7 Å². The Balaban J connectivity index is 1.87. The van der Waals surface area contributed by atoms with E-state index in [9.17, 15) is 9.59 Å². The minimum absolute atomic E-state index is 0.0265. The molecule has 1 aromatic heterocycles. The molecule has 1 aromatic rings. The van der Waals surface area contributed by atoms with Crippen LogP contribution in [0.25, 0.3) is 0 Å². The third-order valence-electron chi connectivity index (χ3n) is 2.12. The monoisotopic (exact) mass is 237 g/mol. The van der Waals surface area contributed by atoms with E-state index in [0.29, 0.717) is 12.2 Å².